The largest absolute Gasteiger partial charge is 0.422 e. The smallest absolute Gasteiger partial charge is 0.244 e. The van der Waals surface area contributed by atoms with Crippen LogP contribution in [0.3, 0.4) is 0 Å². The van der Waals surface area contributed by atoms with Crippen LogP contribution in [-0.4, -0.2) is 16.1 Å². The van der Waals surface area contributed by atoms with Crippen molar-refractivity contribution in [2.75, 3.05) is 0 Å². The first kappa shape index (κ1) is 18.1. The molecule has 2 atom stereocenters. The predicted molar refractivity (Wildman–Crippen MR) is 113 cm³/mol. The third-order valence-corrected chi connectivity index (χ3v) is 7.12. The van der Waals surface area contributed by atoms with Crippen molar-refractivity contribution in [2.24, 2.45) is 5.92 Å². The number of aromatic amines is 1. The standard InChI is InChI=1S/C23H22N4OS/c24-13-17-19(18-7-4-12-29-18)20-21(26-27-23(20)28-22(17)25)16-10-8-15(9-11-16)14-5-2-1-3-6-14/h4,7-12,14,17,19,25H,1-3,5-6H2,(H,26,27). The minimum Gasteiger partial charge on any atom is -0.422 e. The first-order valence-corrected chi connectivity index (χ1v) is 11.0. The van der Waals surface area contributed by atoms with E-state index in [9.17, 15) is 5.26 Å². The van der Waals surface area contributed by atoms with Gasteiger partial charge in [0.1, 0.15) is 5.92 Å². The third kappa shape index (κ3) is 3.16. The number of nitrogens with one attached hydrogen (secondary N) is 2. The average Bonchev–Trinajstić information content (AvgIpc) is 3.44. The van der Waals surface area contributed by atoms with Gasteiger partial charge < -0.3 is 4.74 Å². The summed E-state index contributed by atoms with van der Waals surface area (Å²) in [7, 11) is 0. The molecule has 5 rings (SSSR count). The number of nitrogens with zero attached hydrogens (tertiary/aromatic N) is 2. The van der Waals surface area contributed by atoms with Crippen LogP contribution in [0, 0.1) is 22.7 Å². The van der Waals surface area contributed by atoms with Crippen LogP contribution in [0.25, 0.3) is 11.3 Å². The van der Waals surface area contributed by atoms with Gasteiger partial charge in [-0.25, -0.2) is 0 Å². The molecule has 1 aliphatic carbocycles. The Morgan fingerprint density at radius 3 is 2.62 bits per heavy atom. The number of ether oxygens (including phenoxy) is 1. The number of fused-ring (bicyclic) bond motifs is 1. The molecule has 3 aromatic rings. The van der Waals surface area contributed by atoms with Gasteiger partial charge in [0, 0.05) is 4.88 Å². The summed E-state index contributed by atoms with van der Waals surface area (Å²) in [5, 5.41) is 27.4. The van der Waals surface area contributed by atoms with Crippen LogP contribution in [0.15, 0.2) is 41.8 Å². The fraction of sp³-hybridized carbons (Fsp3) is 0.348. The zero-order valence-electron chi connectivity index (χ0n) is 16.0. The molecule has 1 aliphatic heterocycles. The van der Waals surface area contributed by atoms with E-state index < -0.39 is 5.92 Å². The molecule has 0 spiro atoms. The quantitative estimate of drug-likeness (QED) is 0.578. The van der Waals surface area contributed by atoms with Crippen LogP contribution in [0.2, 0.25) is 0 Å². The minimum atomic E-state index is -0.654. The Morgan fingerprint density at radius 1 is 1.14 bits per heavy atom. The fourth-order valence-corrected chi connectivity index (χ4v) is 5.54. The number of thiophene rings is 1. The van der Waals surface area contributed by atoms with E-state index >= 15 is 0 Å². The predicted octanol–water partition coefficient (Wildman–Crippen LogP) is 5.83. The van der Waals surface area contributed by atoms with Crippen molar-refractivity contribution < 1.29 is 4.74 Å². The number of H-pyrrole nitrogens is 1. The normalized spacial score (nSPS) is 22.0. The van der Waals surface area contributed by atoms with E-state index in [0.29, 0.717) is 11.8 Å². The van der Waals surface area contributed by atoms with Crippen LogP contribution in [-0.2, 0) is 0 Å². The molecule has 146 valence electrons. The Labute approximate surface area is 173 Å². The highest BCUT2D eigenvalue weighted by Gasteiger charge is 2.41. The first-order chi connectivity index (χ1) is 14.3. The number of aromatic nitrogens is 2. The Kier molecular flexibility index (Phi) is 4.69. The second-order valence-electron chi connectivity index (χ2n) is 7.84. The van der Waals surface area contributed by atoms with Crippen LogP contribution in [0.5, 0.6) is 5.88 Å². The van der Waals surface area contributed by atoms with Crippen molar-refractivity contribution in [1.29, 1.82) is 10.7 Å². The van der Waals surface area contributed by atoms with Gasteiger partial charge in [0.25, 0.3) is 0 Å². The molecule has 0 radical (unpaired) electrons. The summed E-state index contributed by atoms with van der Waals surface area (Å²) in [4.78, 5) is 1.05. The van der Waals surface area contributed by atoms with E-state index in [-0.39, 0.29) is 11.8 Å². The summed E-state index contributed by atoms with van der Waals surface area (Å²) >= 11 is 1.60. The first-order valence-electron chi connectivity index (χ1n) is 10.1. The average molecular weight is 403 g/mol. The van der Waals surface area contributed by atoms with Crippen molar-refractivity contribution in [3.8, 4) is 23.2 Å². The summed E-state index contributed by atoms with van der Waals surface area (Å²) in [6, 6.07) is 15.0. The van der Waals surface area contributed by atoms with E-state index in [4.69, 9.17) is 10.1 Å². The van der Waals surface area contributed by atoms with Crippen LogP contribution >= 0.6 is 11.3 Å². The van der Waals surface area contributed by atoms with Crippen molar-refractivity contribution in [3.05, 3.63) is 57.8 Å². The minimum absolute atomic E-state index is 0.0379. The molecule has 5 nitrogen and oxygen atoms in total. The van der Waals surface area contributed by atoms with Crippen LogP contribution in [0.1, 0.15) is 59.9 Å². The number of rotatable bonds is 3. The van der Waals surface area contributed by atoms with Gasteiger partial charge >= 0.3 is 0 Å². The summed E-state index contributed by atoms with van der Waals surface area (Å²) in [6.07, 6.45) is 6.55. The van der Waals surface area contributed by atoms with E-state index in [1.165, 1.54) is 37.7 Å². The fourth-order valence-electron chi connectivity index (χ4n) is 4.67. The molecule has 0 amide bonds. The molecule has 3 heterocycles. The molecular weight excluding hydrogens is 380 g/mol. The molecule has 2 aliphatic rings. The lowest BCUT2D eigenvalue weighted by Gasteiger charge is -2.27. The van der Waals surface area contributed by atoms with Crippen molar-refractivity contribution in [1.82, 2.24) is 10.2 Å². The summed E-state index contributed by atoms with van der Waals surface area (Å²) in [6.45, 7) is 0. The molecule has 0 saturated heterocycles. The molecule has 2 unspecified atom stereocenters. The molecule has 2 aromatic heterocycles. The monoisotopic (exact) mass is 402 g/mol. The Morgan fingerprint density at radius 2 is 1.93 bits per heavy atom. The SMILES string of the molecule is N#CC1C(=N)Oc2n[nH]c(-c3ccc(C4CCCCC4)cc3)c2C1c1cccs1. The summed E-state index contributed by atoms with van der Waals surface area (Å²) < 4.78 is 5.61. The van der Waals surface area contributed by atoms with Crippen LogP contribution in [0.4, 0.5) is 0 Å². The van der Waals surface area contributed by atoms with Gasteiger partial charge in [-0.3, -0.25) is 10.5 Å². The van der Waals surface area contributed by atoms with Gasteiger partial charge in [0.15, 0.2) is 0 Å². The van der Waals surface area contributed by atoms with Crippen molar-refractivity contribution in [2.45, 2.75) is 43.9 Å². The van der Waals surface area contributed by atoms with Crippen molar-refractivity contribution >= 4 is 17.2 Å². The number of hydrogen-bond donors (Lipinski definition) is 2. The van der Waals surface area contributed by atoms with E-state index in [2.05, 4.69) is 40.5 Å². The second-order valence-corrected chi connectivity index (χ2v) is 8.82. The number of nitriles is 1. The second kappa shape index (κ2) is 7.49. The topological polar surface area (TPSA) is 85.6 Å². The van der Waals surface area contributed by atoms with Gasteiger partial charge in [-0.05, 0) is 41.3 Å². The lowest BCUT2D eigenvalue weighted by Crippen LogP contribution is -2.30. The molecule has 1 aromatic carbocycles. The van der Waals surface area contributed by atoms with Gasteiger partial charge in [-0.2, -0.15) is 5.26 Å². The van der Waals surface area contributed by atoms with Gasteiger partial charge in [0.2, 0.25) is 11.8 Å². The highest BCUT2D eigenvalue weighted by Crippen LogP contribution is 2.47. The number of benzene rings is 1. The Hall–Kier alpha value is -2.91. The molecular formula is C23H22N4OS. The molecule has 2 N–H and O–H groups in total. The highest BCUT2D eigenvalue weighted by molar-refractivity contribution is 7.10. The zero-order valence-corrected chi connectivity index (χ0v) is 16.8. The lowest BCUT2D eigenvalue weighted by atomic mass is 9.81. The molecule has 29 heavy (non-hydrogen) atoms. The zero-order chi connectivity index (χ0) is 19.8. The highest BCUT2D eigenvalue weighted by atomic mass is 32.1. The summed E-state index contributed by atoms with van der Waals surface area (Å²) in [5.41, 5.74) is 4.19. The van der Waals surface area contributed by atoms with Gasteiger partial charge in [-0.15, -0.1) is 16.4 Å². The van der Waals surface area contributed by atoms with Crippen LogP contribution < -0.4 is 4.74 Å². The van der Waals surface area contributed by atoms with E-state index in [1.807, 2.05) is 17.5 Å². The third-order valence-electron chi connectivity index (χ3n) is 6.17. The maximum Gasteiger partial charge on any atom is 0.244 e. The maximum absolute atomic E-state index is 9.74. The van der Waals surface area contributed by atoms with E-state index in [1.54, 1.807) is 11.3 Å². The number of hydrogen-bond acceptors (Lipinski definition) is 5. The molecule has 6 heteroatoms. The Bertz CT molecular complexity index is 1060. The van der Waals surface area contributed by atoms with Gasteiger partial charge in [0.05, 0.1) is 23.2 Å². The molecule has 1 saturated carbocycles. The van der Waals surface area contributed by atoms with Gasteiger partial charge in [-0.1, -0.05) is 49.6 Å². The Balaban J connectivity index is 1.55. The van der Waals surface area contributed by atoms with E-state index in [0.717, 1.165) is 21.7 Å². The lowest BCUT2D eigenvalue weighted by molar-refractivity contribution is 0.439. The molecule has 1 fully saturated rings. The molecule has 0 bridgehead atoms. The van der Waals surface area contributed by atoms with Crippen molar-refractivity contribution in [3.63, 3.8) is 0 Å². The summed E-state index contributed by atoms with van der Waals surface area (Å²) in [5.74, 6) is 0.136. The maximum atomic E-state index is 9.74.